The molecule has 0 unspecified atom stereocenters. The Labute approximate surface area is 54.8 Å². The minimum atomic E-state index is -1.36. The van der Waals surface area contributed by atoms with Gasteiger partial charge in [-0.05, 0) is 0 Å². The molecular formula is C4H5BrO3. The number of halogens is 1. The van der Waals surface area contributed by atoms with Crippen LogP contribution in [0.5, 0.6) is 0 Å². The van der Waals surface area contributed by atoms with Gasteiger partial charge in [-0.15, -0.1) is 0 Å². The van der Waals surface area contributed by atoms with Crippen molar-refractivity contribution in [2.24, 2.45) is 0 Å². The first-order chi connectivity index (χ1) is 3.68. The van der Waals surface area contributed by atoms with E-state index in [2.05, 4.69) is 15.9 Å². The Morgan fingerprint density at radius 2 is 2.00 bits per heavy atom. The summed E-state index contributed by atoms with van der Waals surface area (Å²) in [5.74, 6) is -2.11. The zero-order valence-corrected chi connectivity index (χ0v) is 5.64. The van der Waals surface area contributed by atoms with E-state index in [0.29, 0.717) is 5.33 Å². The first-order valence-corrected chi connectivity index (χ1v) is 3.12. The summed E-state index contributed by atoms with van der Waals surface area (Å²) in [6, 6.07) is 0. The van der Waals surface area contributed by atoms with Crippen molar-refractivity contribution in [3.63, 3.8) is 0 Å². The first-order valence-electron chi connectivity index (χ1n) is 2.00. The summed E-state index contributed by atoms with van der Waals surface area (Å²) in [5.41, 5.74) is 0. The van der Waals surface area contributed by atoms with Gasteiger partial charge in [-0.25, -0.2) is 4.79 Å². The van der Waals surface area contributed by atoms with Crippen LogP contribution in [0.4, 0.5) is 0 Å². The third-order valence-electron chi connectivity index (χ3n) is 0.560. The molecule has 0 aromatic heterocycles. The Bertz CT molecular complexity index is 110. The van der Waals surface area contributed by atoms with Crippen molar-refractivity contribution >= 4 is 27.7 Å². The molecule has 0 aliphatic carbocycles. The molecule has 0 aromatic carbocycles. The van der Waals surface area contributed by atoms with E-state index in [-0.39, 0.29) is 6.42 Å². The maximum atomic E-state index is 10.1. The Morgan fingerprint density at radius 1 is 1.50 bits per heavy atom. The van der Waals surface area contributed by atoms with Crippen molar-refractivity contribution in [2.75, 3.05) is 5.33 Å². The second-order valence-corrected chi connectivity index (χ2v) is 1.96. The molecule has 0 amide bonds. The average Bonchev–Trinajstić information content (AvgIpc) is 1.67. The maximum Gasteiger partial charge on any atom is 0.372 e. The molecule has 0 fully saturated rings. The molecule has 3 nitrogen and oxygen atoms in total. The van der Waals surface area contributed by atoms with E-state index in [4.69, 9.17) is 5.11 Å². The van der Waals surface area contributed by atoms with Crippen molar-refractivity contribution in [2.45, 2.75) is 6.42 Å². The highest BCUT2D eigenvalue weighted by atomic mass is 79.9. The van der Waals surface area contributed by atoms with Crippen LogP contribution < -0.4 is 0 Å². The van der Waals surface area contributed by atoms with E-state index in [1.807, 2.05) is 0 Å². The average molecular weight is 181 g/mol. The number of alkyl halides is 1. The molecule has 0 aromatic rings. The number of carbonyl (C=O) groups excluding carboxylic acids is 1. The van der Waals surface area contributed by atoms with Crippen LogP contribution in [0.1, 0.15) is 6.42 Å². The third-order valence-corrected chi connectivity index (χ3v) is 0.957. The molecule has 8 heavy (non-hydrogen) atoms. The lowest BCUT2D eigenvalue weighted by Gasteiger charge is -1.84. The highest BCUT2D eigenvalue weighted by Gasteiger charge is 2.08. The molecule has 0 bridgehead atoms. The number of carboxylic acids is 1. The van der Waals surface area contributed by atoms with Crippen LogP contribution in [-0.2, 0) is 9.59 Å². The van der Waals surface area contributed by atoms with Crippen molar-refractivity contribution < 1.29 is 14.7 Å². The molecule has 4 heteroatoms. The van der Waals surface area contributed by atoms with Crippen molar-refractivity contribution in [1.29, 1.82) is 0 Å². The van der Waals surface area contributed by atoms with Gasteiger partial charge < -0.3 is 5.11 Å². The number of carbonyl (C=O) groups is 2. The summed E-state index contributed by atoms with van der Waals surface area (Å²) in [6.07, 6.45) is 0.0648. The second kappa shape index (κ2) is 3.60. The second-order valence-electron chi connectivity index (χ2n) is 1.17. The lowest BCUT2D eigenvalue weighted by atomic mass is 10.3. The first kappa shape index (κ1) is 7.62. The van der Waals surface area contributed by atoms with E-state index in [1.165, 1.54) is 0 Å². The topological polar surface area (TPSA) is 54.4 Å². The van der Waals surface area contributed by atoms with Crippen LogP contribution >= 0.6 is 15.9 Å². The molecule has 0 saturated heterocycles. The Kier molecular flexibility index (Phi) is 3.43. The Balaban J connectivity index is 3.49. The zero-order chi connectivity index (χ0) is 6.57. The predicted molar refractivity (Wildman–Crippen MR) is 31.1 cm³/mol. The van der Waals surface area contributed by atoms with Gasteiger partial charge in [0.05, 0.1) is 0 Å². The summed E-state index contributed by atoms with van der Waals surface area (Å²) in [4.78, 5) is 19.8. The van der Waals surface area contributed by atoms with Crippen LogP contribution in [0, 0.1) is 0 Å². The molecule has 1 N–H and O–H groups in total. The highest BCUT2D eigenvalue weighted by Crippen LogP contribution is 1.88. The van der Waals surface area contributed by atoms with Crippen molar-refractivity contribution in [3.8, 4) is 0 Å². The minimum absolute atomic E-state index is 0.0648. The van der Waals surface area contributed by atoms with Crippen LogP contribution in [0.15, 0.2) is 0 Å². The monoisotopic (exact) mass is 180 g/mol. The van der Waals surface area contributed by atoms with Gasteiger partial charge in [0, 0.05) is 11.8 Å². The van der Waals surface area contributed by atoms with Gasteiger partial charge in [0.2, 0.25) is 5.78 Å². The number of ketones is 1. The lowest BCUT2D eigenvalue weighted by Crippen LogP contribution is -2.11. The van der Waals surface area contributed by atoms with E-state index in [9.17, 15) is 9.59 Å². The van der Waals surface area contributed by atoms with Crippen LogP contribution in [-0.4, -0.2) is 22.2 Å². The number of hydrogen-bond donors (Lipinski definition) is 1. The molecule has 0 aliphatic heterocycles. The molecule has 0 saturated carbocycles. The summed E-state index contributed by atoms with van der Waals surface area (Å²) in [7, 11) is 0. The fourth-order valence-electron chi connectivity index (χ4n) is 0.193. The van der Waals surface area contributed by atoms with E-state index in [0.717, 1.165) is 0 Å². The fraction of sp³-hybridized carbons (Fsp3) is 0.500. The quantitative estimate of drug-likeness (QED) is 0.507. The smallest absolute Gasteiger partial charge is 0.372 e. The molecule has 0 spiro atoms. The summed E-state index contributed by atoms with van der Waals surface area (Å²) >= 11 is 2.93. The molecule has 0 radical (unpaired) electrons. The van der Waals surface area contributed by atoms with Crippen LogP contribution in [0.2, 0.25) is 0 Å². The van der Waals surface area contributed by atoms with Crippen LogP contribution in [0.25, 0.3) is 0 Å². The molecular weight excluding hydrogens is 176 g/mol. The van der Waals surface area contributed by atoms with Crippen LogP contribution in [0.3, 0.4) is 0 Å². The lowest BCUT2D eigenvalue weighted by molar-refractivity contribution is -0.148. The SMILES string of the molecule is O=C(O)C(=O)CCBr. The predicted octanol–water partition coefficient (Wildman–Crippen LogP) is 0.425. The molecule has 46 valence electrons. The molecule has 0 atom stereocenters. The molecule has 0 aliphatic rings. The largest absolute Gasteiger partial charge is 0.476 e. The minimum Gasteiger partial charge on any atom is -0.476 e. The number of Topliss-reactive ketones (excluding diaryl/α,β-unsaturated/α-hetero) is 1. The van der Waals surface area contributed by atoms with E-state index < -0.39 is 11.8 Å². The molecule has 0 heterocycles. The van der Waals surface area contributed by atoms with E-state index >= 15 is 0 Å². The van der Waals surface area contributed by atoms with Gasteiger partial charge in [0.15, 0.2) is 0 Å². The Hall–Kier alpha value is -0.380. The fourth-order valence-corrected chi connectivity index (χ4v) is 0.553. The van der Waals surface area contributed by atoms with Crippen molar-refractivity contribution in [1.82, 2.24) is 0 Å². The summed E-state index contributed by atoms with van der Waals surface area (Å²) in [6.45, 7) is 0. The molecule has 0 rings (SSSR count). The highest BCUT2D eigenvalue weighted by molar-refractivity contribution is 9.09. The number of carboxylic acid groups (broad SMARTS) is 1. The van der Waals surface area contributed by atoms with Gasteiger partial charge in [-0.1, -0.05) is 15.9 Å². The summed E-state index contributed by atoms with van der Waals surface area (Å²) in [5, 5.41) is 8.36. The Morgan fingerprint density at radius 3 is 2.12 bits per heavy atom. The van der Waals surface area contributed by atoms with Gasteiger partial charge >= 0.3 is 5.97 Å². The maximum absolute atomic E-state index is 10.1. The van der Waals surface area contributed by atoms with Gasteiger partial charge in [0.25, 0.3) is 0 Å². The van der Waals surface area contributed by atoms with E-state index in [1.54, 1.807) is 0 Å². The number of hydrogen-bond acceptors (Lipinski definition) is 2. The number of rotatable bonds is 3. The standard InChI is InChI=1S/C4H5BrO3/c5-2-1-3(6)4(7)8/h1-2H2,(H,7,8). The summed E-state index contributed by atoms with van der Waals surface area (Å²) < 4.78 is 0. The normalized spacial score (nSPS) is 8.62. The van der Waals surface area contributed by atoms with Gasteiger partial charge in [0.1, 0.15) is 0 Å². The van der Waals surface area contributed by atoms with Gasteiger partial charge in [-0.3, -0.25) is 4.79 Å². The third kappa shape index (κ3) is 2.74. The van der Waals surface area contributed by atoms with Crippen molar-refractivity contribution in [3.05, 3.63) is 0 Å². The zero-order valence-electron chi connectivity index (χ0n) is 4.06. The number of aliphatic carboxylic acids is 1. The van der Waals surface area contributed by atoms with Gasteiger partial charge in [-0.2, -0.15) is 0 Å².